The number of hydrogen-bond acceptors (Lipinski definition) is 7. The molecular formula is C32H43N3O5. The number of hydrogen-bond donors (Lipinski definition) is 0. The summed E-state index contributed by atoms with van der Waals surface area (Å²) in [6, 6.07) is 11.9. The number of methoxy groups -OCH3 is 2. The molecule has 40 heavy (non-hydrogen) atoms. The number of carbonyl (C=O) groups excluding carboxylic acids is 2. The number of ether oxygens (including phenoxy) is 3. The third-order valence-electron chi connectivity index (χ3n) is 7.52. The van der Waals surface area contributed by atoms with Gasteiger partial charge in [-0.1, -0.05) is 25.5 Å². The largest absolute Gasteiger partial charge is 0.496 e. The van der Waals surface area contributed by atoms with Gasteiger partial charge in [-0.25, -0.2) is 9.59 Å². The lowest BCUT2D eigenvalue weighted by Crippen LogP contribution is -2.48. The second-order valence-corrected chi connectivity index (χ2v) is 11.6. The second kappa shape index (κ2) is 12.4. The predicted molar refractivity (Wildman–Crippen MR) is 157 cm³/mol. The maximum absolute atomic E-state index is 13.1. The molecule has 0 amide bonds. The van der Waals surface area contributed by atoms with E-state index in [0.29, 0.717) is 12.1 Å². The number of rotatable bonds is 8. The zero-order chi connectivity index (χ0) is 29.0. The number of benzene rings is 2. The van der Waals surface area contributed by atoms with Crippen LogP contribution in [0.1, 0.15) is 73.6 Å². The number of piperazine rings is 1. The molecule has 2 aromatic carbocycles. The molecule has 1 fully saturated rings. The number of nitrogens with zero attached hydrogens (tertiary/aromatic N) is 3. The topological polar surface area (TPSA) is 73.2 Å². The first kappa shape index (κ1) is 29.6. The first-order valence-electron chi connectivity index (χ1n) is 14.1. The fraction of sp³-hybridized carbons (Fsp3) is 0.500. The number of aryl methyl sites for hydroxylation is 1. The van der Waals surface area contributed by atoms with Crippen LogP contribution in [0.25, 0.3) is 10.9 Å². The van der Waals surface area contributed by atoms with Crippen LogP contribution in [0.5, 0.6) is 5.75 Å². The molecule has 1 aromatic heterocycles. The van der Waals surface area contributed by atoms with Gasteiger partial charge in [-0.2, -0.15) is 0 Å². The summed E-state index contributed by atoms with van der Waals surface area (Å²) < 4.78 is 18.1. The highest BCUT2D eigenvalue weighted by molar-refractivity contribution is 5.95. The number of esters is 1. The van der Waals surface area contributed by atoms with Gasteiger partial charge in [-0.3, -0.25) is 9.47 Å². The molecule has 1 aliphatic rings. The summed E-state index contributed by atoms with van der Waals surface area (Å²) in [5.74, 6) is 0.470. The van der Waals surface area contributed by atoms with Gasteiger partial charge in [0.15, 0.2) is 0 Å². The SMILES string of the molecule is CCCCN1CCN(Cc2c(OC)cc(C)c3c2ccn3C(=O)OC(C)(C)C)C(c2ccc(C(=O)OC)cc2)C1. The smallest absolute Gasteiger partial charge is 0.419 e. The second-order valence-electron chi connectivity index (χ2n) is 11.6. The van der Waals surface area contributed by atoms with Crippen molar-refractivity contribution in [2.75, 3.05) is 40.4 Å². The van der Waals surface area contributed by atoms with Crippen LogP contribution in [0.15, 0.2) is 42.6 Å². The molecule has 1 aliphatic heterocycles. The van der Waals surface area contributed by atoms with Crippen LogP contribution in [-0.4, -0.2) is 72.4 Å². The molecule has 8 heteroatoms. The van der Waals surface area contributed by atoms with Crippen LogP contribution in [0.2, 0.25) is 0 Å². The van der Waals surface area contributed by atoms with Crippen LogP contribution in [0.4, 0.5) is 4.79 Å². The van der Waals surface area contributed by atoms with E-state index in [-0.39, 0.29) is 12.0 Å². The van der Waals surface area contributed by atoms with Crippen molar-refractivity contribution in [3.63, 3.8) is 0 Å². The Morgan fingerprint density at radius 2 is 1.77 bits per heavy atom. The molecule has 0 spiro atoms. The van der Waals surface area contributed by atoms with Gasteiger partial charge in [0.25, 0.3) is 0 Å². The van der Waals surface area contributed by atoms with Gasteiger partial charge < -0.3 is 19.1 Å². The van der Waals surface area contributed by atoms with Crippen molar-refractivity contribution in [2.24, 2.45) is 0 Å². The van der Waals surface area contributed by atoms with E-state index < -0.39 is 11.7 Å². The third kappa shape index (κ3) is 6.50. The Labute approximate surface area is 237 Å². The first-order chi connectivity index (χ1) is 19.1. The number of unbranched alkanes of at least 4 members (excludes halogenated alkanes) is 1. The average Bonchev–Trinajstić information content (AvgIpc) is 3.39. The van der Waals surface area contributed by atoms with Crippen molar-refractivity contribution >= 4 is 23.0 Å². The van der Waals surface area contributed by atoms with E-state index in [1.807, 2.05) is 64.1 Å². The molecule has 3 aromatic rings. The molecule has 8 nitrogen and oxygen atoms in total. The quantitative estimate of drug-likeness (QED) is 0.310. The summed E-state index contributed by atoms with van der Waals surface area (Å²) in [6.45, 7) is 14.3. The summed E-state index contributed by atoms with van der Waals surface area (Å²) in [5, 5.41) is 0.982. The van der Waals surface area contributed by atoms with Gasteiger partial charge in [0.05, 0.1) is 25.3 Å². The number of carbonyl (C=O) groups is 2. The molecule has 0 aliphatic carbocycles. The summed E-state index contributed by atoms with van der Waals surface area (Å²) >= 11 is 0. The minimum absolute atomic E-state index is 0.131. The Bertz CT molecular complexity index is 1340. The lowest BCUT2D eigenvalue weighted by atomic mass is 9.98. The normalized spacial score (nSPS) is 16.7. The standard InChI is InChI=1S/C32H43N3O5/c1-8-9-15-33-17-18-34(27(21-33)23-10-12-24(13-11-23)30(36)39-7)20-26-25-14-16-35(31(37)40-32(3,4)5)29(25)22(2)19-28(26)38-6/h10-14,16,19,27H,8-9,15,17-18,20-21H2,1-7H3. The van der Waals surface area contributed by atoms with Crippen molar-refractivity contribution in [1.29, 1.82) is 0 Å². The van der Waals surface area contributed by atoms with Crippen molar-refractivity contribution < 1.29 is 23.8 Å². The van der Waals surface area contributed by atoms with Crippen LogP contribution in [0, 0.1) is 6.92 Å². The Kier molecular flexibility index (Phi) is 9.21. The van der Waals surface area contributed by atoms with Crippen molar-refractivity contribution in [3.05, 3.63) is 64.8 Å². The van der Waals surface area contributed by atoms with Crippen LogP contribution in [-0.2, 0) is 16.0 Å². The molecule has 0 saturated carbocycles. The van der Waals surface area contributed by atoms with Crippen LogP contribution < -0.4 is 4.74 Å². The lowest BCUT2D eigenvalue weighted by Gasteiger charge is -2.42. The Hall–Kier alpha value is -3.36. The van der Waals surface area contributed by atoms with Gasteiger partial charge in [0.1, 0.15) is 11.4 Å². The highest BCUT2D eigenvalue weighted by atomic mass is 16.6. The molecule has 1 atom stereocenters. The zero-order valence-corrected chi connectivity index (χ0v) is 25.0. The average molecular weight is 550 g/mol. The predicted octanol–water partition coefficient (Wildman–Crippen LogP) is 6.19. The summed E-state index contributed by atoms with van der Waals surface area (Å²) in [5.41, 5.74) is 3.94. The molecule has 0 bridgehead atoms. The van der Waals surface area contributed by atoms with Crippen LogP contribution >= 0.6 is 0 Å². The van der Waals surface area contributed by atoms with Crippen molar-refractivity contribution in [1.82, 2.24) is 14.4 Å². The Balaban J connectivity index is 1.71. The molecule has 2 heterocycles. The van der Waals surface area contributed by atoms with Gasteiger partial charge in [-0.05, 0) is 76.1 Å². The van der Waals surface area contributed by atoms with Crippen molar-refractivity contribution in [3.8, 4) is 5.75 Å². The van der Waals surface area contributed by atoms with Gasteiger partial charge in [0.2, 0.25) is 0 Å². The minimum Gasteiger partial charge on any atom is -0.496 e. The molecule has 216 valence electrons. The van der Waals surface area contributed by atoms with Crippen molar-refractivity contribution in [2.45, 2.75) is 65.6 Å². The lowest BCUT2D eigenvalue weighted by molar-refractivity contribution is 0.0542. The minimum atomic E-state index is -0.592. The van der Waals surface area contributed by atoms with E-state index in [1.165, 1.54) is 13.5 Å². The fourth-order valence-corrected chi connectivity index (χ4v) is 5.50. The van der Waals surface area contributed by atoms with E-state index in [1.54, 1.807) is 17.9 Å². The zero-order valence-electron chi connectivity index (χ0n) is 25.0. The number of fused-ring (bicyclic) bond motifs is 1. The Morgan fingerprint density at radius 3 is 2.40 bits per heavy atom. The van der Waals surface area contributed by atoms with Gasteiger partial charge in [0, 0.05) is 49.4 Å². The number of aromatic nitrogens is 1. The van der Waals surface area contributed by atoms with Gasteiger partial charge in [-0.15, -0.1) is 0 Å². The maximum atomic E-state index is 13.1. The van der Waals surface area contributed by atoms with Crippen LogP contribution in [0.3, 0.4) is 0 Å². The third-order valence-corrected chi connectivity index (χ3v) is 7.52. The molecule has 0 N–H and O–H groups in total. The van der Waals surface area contributed by atoms with E-state index in [0.717, 1.165) is 65.9 Å². The maximum Gasteiger partial charge on any atom is 0.419 e. The summed E-state index contributed by atoms with van der Waals surface area (Å²) in [6.07, 6.45) is 3.72. The first-order valence-corrected chi connectivity index (χ1v) is 14.1. The van der Waals surface area contributed by atoms with E-state index in [2.05, 4.69) is 16.7 Å². The highest BCUT2D eigenvalue weighted by Crippen LogP contribution is 2.36. The molecule has 1 saturated heterocycles. The molecule has 4 rings (SSSR count). The van der Waals surface area contributed by atoms with E-state index >= 15 is 0 Å². The molecular weight excluding hydrogens is 506 g/mol. The van der Waals surface area contributed by atoms with Gasteiger partial charge >= 0.3 is 12.1 Å². The summed E-state index contributed by atoms with van der Waals surface area (Å²) in [7, 11) is 3.09. The fourth-order valence-electron chi connectivity index (χ4n) is 5.50. The molecule has 0 radical (unpaired) electrons. The molecule has 1 unspecified atom stereocenters. The highest BCUT2D eigenvalue weighted by Gasteiger charge is 2.30. The van der Waals surface area contributed by atoms with E-state index in [4.69, 9.17) is 14.2 Å². The Morgan fingerprint density at radius 1 is 1.05 bits per heavy atom. The van der Waals surface area contributed by atoms with E-state index in [9.17, 15) is 9.59 Å². The summed E-state index contributed by atoms with van der Waals surface area (Å²) in [4.78, 5) is 30.1. The monoisotopic (exact) mass is 549 g/mol.